The first kappa shape index (κ1) is 23.6. The quantitative estimate of drug-likeness (QED) is 0.193. The average molecular weight is 535 g/mol. The molecule has 3 unspecified atom stereocenters. The molecule has 0 fully saturated rings. The first-order valence-corrected chi connectivity index (χ1v) is 13.8. The van der Waals surface area contributed by atoms with Gasteiger partial charge in [-0.1, -0.05) is 48.5 Å². The van der Waals surface area contributed by atoms with Crippen molar-refractivity contribution in [2.75, 3.05) is 6.54 Å². The largest absolute Gasteiger partial charge is 0.352 e. The Labute approximate surface area is 231 Å². The number of halogens is 3. The van der Waals surface area contributed by atoms with E-state index in [1.165, 1.54) is 22.8 Å². The lowest BCUT2D eigenvalue weighted by molar-refractivity contribution is -0.574. The molecule has 4 aromatic rings. The molecule has 0 saturated heterocycles. The van der Waals surface area contributed by atoms with E-state index in [4.69, 9.17) is 0 Å². The minimum Gasteiger partial charge on any atom is -0.352 e. The van der Waals surface area contributed by atoms with Crippen molar-refractivity contribution in [3.8, 4) is 22.4 Å². The van der Waals surface area contributed by atoms with E-state index in [0.717, 1.165) is 29.8 Å². The predicted octanol–water partition coefficient (Wildman–Crippen LogP) is 6.95. The fraction of sp³-hybridized carbons (Fsp3) is 0.206. The molecule has 1 aromatic heterocycles. The summed E-state index contributed by atoms with van der Waals surface area (Å²) in [6.45, 7) is 5.55. The van der Waals surface area contributed by atoms with Crippen LogP contribution in [0.4, 0.5) is 13.2 Å². The molecule has 0 amide bonds. The molecule has 0 N–H and O–H groups in total. The minimum absolute atomic E-state index is 0.0395. The molecule has 0 aliphatic carbocycles. The molecule has 0 bridgehead atoms. The number of rotatable bonds is 1. The Balaban J connectivity index is 1.39. The van der Waals surface area contributed by atoms with Gasteiger partial charge in [-0.3, -0.25) is 0 Å². The van der Waals surface area contributed by atoms with Gasteiger partial charge in [-0.05, 0) is 59.7 Å². The maximum absolute atomic E-state index is 15.8. The maximum atomic E-state index is 15.8. The molecule has 3 aromatic carbocycles. The summed E-state index contributed by atoms with van der Waals surface area (Å²) < 4.78 is 47.2. The second kappa shape index (κ2) is 8.59. The lowest BCUT2D eigenvalue weighted by Gasteiger charge is -2.48. The highest BCUT2D eigenvalue weighted by Crippen LogP contribution is 2.51. The van der Waals surface area contributed by atoms with Gasteiger partial charge in [-0.25, -0.2) is 13.2 Å². The summed E-state index contributed by atoms with van der Waals surface area (Å²) in [7, 11) is 0. The third kappa shape index (κ3) is 3.22. The van der Waals surface area contributed by atoms with Crippen LogP contribution in [0.15, 0.2) is 91.9 Å². The van der Waals surface area contributed by atoms with E-state index in [0.29, 0.717) is 24.1 Å². The predicted molar refractivity (Wildman–Crippen MR) is 148 cm³/mol. The number of pyridine rings is 1. The molecular formula is C34H27F3N3+. The summed E-state index contributed by atoms with van der Waals surface area (Å²) in [5, 5.41) is 0. The summed E-state index contributed by atoms with van der Waals surface area (Å²) in [5.41, 5.74) is 7.62. The van der Waals surface area contributed by atoms with Crippen molar-refractivity contribution >= 4 is 5.70 Å². The van der Waals surface area contributed by atoms with Crippen molar-refractivity contribution in [1.82, 2.24) is 9.80 Å². The highest BCUT2D eigenvalue weighted by molar-refractivity contribution is 5.72. The smallest absolute Gasteiger partial charge is 0.222 e. The molecule has 4 aliphatic rings. The third-order valence-electron chi connectivity index (χ3n) is 9.19. The van der Waals surface area contributed by atoms with E-state index >= 15 is 4.39 Å². The van der Waals surface area contributed by atoms with Crippen molar-refractivity contribution in [1.29, 1.82) is 0 Å². The number of hydrogen-bond donors (Lipinski definition) is 0. The fourth-order valence-electron chi connectivity index (χ4n) is 7.41. The minimum atomic E-state index is -1.45. The van der Waals surface area contributed by atoms with Crippen molar-refractivity contribution < 1.29 is 17.7 Å². The molecule has 4 aliphatic heterocycles. The number of aromatic nitrogens is 1. The van der Waals surface area contributed by atoms with Crippen LogP contribution in [0.1, 0.15) is 40.8 Å². The Hall–Kier alpha value is -4.32. The summed E-state index contributed by atoms with van der Waals surface area (Å²) in [6.07, 6.45) is 8.34. The van der Waals surface area contributed by atoms with Crippen molar-refractivity contribution in [2.45, 2.75) is 37.4 Å². The van der Waals surface area contributed by atoms with Crippen LogP contribution in [-0.2, 0) is 12.8 Å². The van der Waals surface area contributed by atoms with Crippen LogP contribution < -0.4 is 4.57 Å². The molecule has 6 heteroatoms. The van der Waals surface area contributed by atoms with E-state index in [-0.39, 0.29) is 23.7 Å². The Kier molecular flexibility index (Phi) is 5.06. The third-order valence-corrected chi connectivity index (χ3v) is 9.19. The fourth-order valence-corrected chi connectivity index (χ4v) is 7.41. The van der Waals surface area contributed by atoms with Gasteiger partial charge < -0.3 is 9.80 Å². The number of fused-ring (bicyclic) bond motifs is 6. The van der Waals surface area contributed by atoms with Gasteiger partial charge in [0, 0.05) is 42.6 Å². The van der Waals surface area contributed by atoms with Gasteiger partial charge in [0.25, 0.3) is 0 Å². The molecule has 0 saturated carbocycles. The molecule has 0 radical (unpaired) electrons. The molecule has 40 heavy (non-hydrogen) atoms. The first-order chi connectivity index (χ1) is 19.5. The van der Waals surface area contributed by atoms with Crippen molar-refractivity contribution in [3.05, 3.63) is 132 Å². The SMILES string of the molecule is C=C1C2C(CCc3cc(F)c(F)c(F)c3-c3cc(-c4ccccc4)cc[n+]31)c1cccc3c1C1N(C=CN21)CC3. The van der Waals surface area contributed by atoms with Gasteiger partial charge in [-0.15, -0.1) is 0 Å². The topological polar surface area (TPSA) is 10.4 Å². The van der Waals surface area contributed by atoms with Gasteiger partial charge in [0.1, 0.15) is 12.2 Å². The first-order valence-electron chi connectivity index (χ1n) is 13.8. The number of hydrogen-bond acceptors (Lipinski definition) is 2. The van der Waals surface area contributed by atoms with Crippen LogP contribution >= 0.6 is 0 Å². The zero-order valence-electron chi connectivity index (χ0n) is 21.8. The van der Waals surface area contributed by atoms with E-state index in [2.05, 4.69) is 47.0 Å². The maximum Gasteiger partial charge on any atom is 0.222 e. The highest BCUT2D eigenvalue weighted by atomic mass is 19.2. The zero-order valence-corrected chi connectivity index (χ0v) is 21.8. The molecule has 3 atom stereocenters. The average Bonchev–Trinajstić information content (AvgIpc) is 3.43. The second-order valence-corrected chi connectivity index (χ2v) is 11.2. The zero-order chi connectivity index (χ0) is 27.1. The van der Waals surface area contributed by atoms with Crippen molar-refractivity contribution in [3.63, 3.8) is 0 Å². The molecule has 3 nitrogen and oxygen atoms in total. The molecular weight excluding hydrogens is 507 g/mol. The summed E-state index contributed by atoms with van der Waals surface area (Å²) in [4.78, 5) is 4.76. The second-order valence-electron chi connectivity index (χ2n) is 11.2. The Morgan fingerprint density at radius 2 is 1.68 bits per heavy atom. The summed E-state index contributed by atoms with van der Waals surface area (Å²) in [6, 6.07) is 21.3. The molecule has 198 valence electrons. The summed E-state index contributed by atoms with van der Waals surface area (Å²) >= 11 is 0. The van der Waals surface area contributed by atoms with Gasteiger partial charge in [0.05, 0.1) is 5.56 Å². The molecule has 8 rings (SSSR count). The number of nitrogens with zero attached hydrogens (tertiary/aromatic N) is 3. The van der Waals surface area contributed by atoms with Crippen LogP contribution in [0, 0.1) is 17.5 Å². The molecule has 0 spiro atoms. The van der Waals surface area contributed by atoms with Gasteiger partial charge in [-0.2, -0.15) is 4.57 Å². The van der Waals surface area contributed by atoms with E-state index in [9.17, 15) is 8.78 Å². The molecule has 5 heterocycles. The monoisotopic (exact) mass is 534 g/mol. The Bertz CT molecular complexity index is 1750. The summed E-state index contributed by atoms with van der Waals surface area (Å²) in [5.74, 6) is -3.72. The highest BCUT2D eigenvalue weighted by Gasteiger charge is 2.50. The van der Waals surface area contributed by atoms with Gasteiger partial charge in [0.15, 0.2) is 23.6 Å². The number of benzene rings is 3. The van der Waals surface area contributed by atoms with Crippen LogP contribution in [0.5, 0.6) is 0 Å². The standard InChI is InChI=1S/C34H27F3N3/c1-20-33-26(25-9-5-8-22-12-14-38-16-17-40(33)34(38)29(22)25)11-10-24-18-27(35)31(36)32(37)30(24)28-19-23(13-15-39(20)28)21-6-3-2-4-7-21/h2-9,13,15-19,26,33-34H,1,10-12,14H2/q+1. The lowest BCUT2D eigenvalue weighted by Crippen LogP contribution is -2.53. The van der Waals surface area contributed by atoms with E-state index in [1.54, 1.807) is 0 Å². The van der Waals surface area contributed by atoms with Gasteiger partial charge >= 0.3 is 0 Å². The van der Waals surface area contributed by atoms with Crippen LogP contribution in [-0.4, -0.2) is 22.4 Å². The number of aryl methyl sites for hydroxylation is 1. The van der Waals surface area contributed by atoms with Crippen LogP contribution in [0.2, 0.25) is 0 Å². The Morgan fingerprint density at radius 3 is 2.52 bits per heavy atom. The van der Waals surface area contributed by atoms with E-state index in [1.807, 2.05) is 53.2 Å². The van der Waals surface area contributed by atoms with Crippen LogP contribution in [0.25, 0.3) is 28.1 Å². The van der Waals surface area contributed by atoms with Crippen LogP contribution in [0.3, 0.4) is 0 Å². The normalized spacial score (nSPS) is 22.1. The van der Waals surface area contributed by atoms with Gasteiger partial charge in [0.2, 0.25) is 11.4 Å². The van der Waals surface area contributed by atoms with Crippen molar-refractivity contribution in [2.24, 2.45) is 0 Å². The lowest BCUT2D eigenvalue weighted by atomic mass is 9.75. The Morgan fingerprint density at radius 1 is 0.825 bits per heavy atom. The van der Waals surface area contributed by atoms with E-state index < -0.39 is 17.5 Å².